The smallest absolute Gasteiger partial charge is 0.253 e. The van der Waals surface area contributed by atoms with Crippen molar-refractivity contribution in [2.45, 2.75) is 49.8 Å². The first kappa shape index (κ1) is 18.1. The first-order valence-electron chi connectivity index (χ1n) is 9.13. The quantitative estimate of drug-likeness (QED) is 0.791. The minimum Gasteiger partial charge on any atom is -0.339 e. The fourth-order valence-electron chi connectivity index (χ4n) is 3.46. The summed E-state index contributed by atoms with van der Waals surface area (Å²) in [6.07, 6.45) is 9.61. The molecule has 25 heavy (non-hydrogen) atoms. The van der Waals surface area contributed by atoms with E-state index in [9.17, 15) is 13.2 Å². The summed E-state index contributed by atoms with van der Waals surface area (Å²) >= 11 is 0. The van der Waals surface area contributed by atoms with Crippen molar-refractivity contribution in [3.8, 4) is 0 Å². The van der Waals surface area contributed by atoms with Gasteiger partial charge in [-0.1, -0.05) is 17.7 Å². The van der Waals surface area contributed by atoms with Gasteiger partial charge in [-0.15, -0.1) is 0 Å². The van der Waals surface area contributed by atoms with Crippen molar-refractivity contribution in [3.63, 3.8) is 0 Å². The van der Waals surface area contributed by atoms with E-state index in [2.05, 4.69) is 10.8 Å². The van der Waals surface area contributed by atoms with E-state index < -0.39 is 10.0 Å². The Kier molecular flexibility index (Phi) is 5.91. The van der Waals surface area contributed by atoms with Crippen LogP contribution in [0.15, 0.2) is 40.8 Å². The summed E-state index contributed by atoms with van der Waals surface area (Å²) in [5, 5.41) is 0. The number of amides is 1. The molecular formula is C19H26N2O3S. The molecule has 1 heterocycles. The van der Waals surface area contributed by atoms with Gasteiger partial charge in [0.15, 0.2) is 0 Å². The molecule has 1 aromatic carbocycles. The Morgan fingerprint density at radius 3 is 2.64 bits per heavy atom. The fraction of sp³-hybridized carbons (Fsp3) is 0.526. The highest BCUT2D eigenvalue weighted by atomic mass is 32.2. The molecule has 5 nitrogen and oxygen atoms in total. The fourth-order valence-corrected chi connectivity index (χ4v) is 4.54. The monoisotopic (exact) mass is 362 g/mol. The summed E-state index contributed by atoms with van der Waals surface area (Å²) in [4.78, 5) is 14.4. The van der Waals surface area contributed by atoms with E-state index in [1.807, 2.05) is 0 Å². The number of nitrogens with zero attached hydrogens (tertiary/aromatic N) is 1. The van der Waals surface area contributed by atoms with Crippen LogP contribution in [0.25, 0.3) is 0 Å². The van der Waals surface area contributed by atoms with Crippen LogP contribution in [-0.4, -0.2) is 38.9 Å². The average Bonchev–Trinajstić information content (AvgIpc) is 3.17. The molecule has 1 amide bonds. The molecule has 136 valence electrons. The number of nitrogens with one attached hydrogen (secondary N) is 1. The van der Waals surface area contributed by atoms with Gasteiger partial charge in [-0.25, -0.2) is 13.1 Å². The Hall–Kier alpha value is -1.66. The largest absolute Gasteiger partial charge is 0.339 e. The van der Waals surface area contributed by atoms with Crippen molar-refractivity contribution in [2.24, 2.45) is 0 Å². The first-order chi connectivity index (χ1) is 12.1. The van der Waals surface area contributed by atoms with Crippen LogP contribution in [0.2, 0.25) is 0 Å². The van der Waals surface area contributed by atoms with Crippen LogP contribution in [0.5, 0.6) is 0 Å². The number of sulfonamides is 1. The zero-order chi connectivity index (χ0) is 17.7. The van der Waals surface area contributed by atoms with E-state index >= 15 is 0 Å². The van der Waals surface area contributed by atoms with Crippen molar-refractivity contribution in [2.75, 3.05) is 19.6 Å². The van der Waals surface area contributed by atoms with Gasteiger partial charge in [0.1, 0.15) is 0 Å². The predicted octanol–water partition coefficient (Wildman–Crippen LogP) is 3.09. The molecule has 1 N–H and O–H groups in total. The van der Waals surface area contributed by atoms with E-state index in [1.165, 1.54) is 24.5 Å². The average molecular weight is 362 g/mol. The van der Waals surface area contributed by atoms with Gasteiger partial charge in [0.25, 0.3) is 5.91 Å². The van der Waals surface area contributed by atoms with E-state index in [4.69, 9.17) is 0 Å². The Bertz CT molecular complexity index is 750. The Morgan fingerprint density at radius 1 is 1.12 bits per heavy atom. The van der Waals surface area contributed by atoms with Crippen molar-refractivity contribution in [1.82, 2.24) is 9.62 Å². The molecule has 6 heteroatoms. The lowest BCUT2D eigenvalue weighted by molar-refractivity contribution is 0.0792. The van der Waals surface area contributed by atoms with Gasteiger partial charge in [0.2, 0.25) is 10.0 Å². The third-order valence-corrected chi connectivity index (χ3v) is 6.37. The number of likely N-dealkylation sites (tertiary alicyclic amines) is 1. The maximum atomic E-state index is 12.5. The highest BCUT2D eigenvalue weighted by Gasteiger charge is 2.21. The van der Waals surface area contributed by atoms with Crippen molar-refractivity contribution in [3.05, 3.63) is 41.5 Å². The molecule has 1 aromatic rings. The van der Waals surface area contributed by atoms with Crippen molar-refractivity contribution in [1.29, 1.82) is 0 Å². The van der Waals surface area contributed by atoms with Gasteiger partial charge in [-0.05, 0) is 63.1 Å². The van der Waals surface area contributed by atoms with Gasteiger partial charge in [-0.3, -0.25) is 4.79 Å². The minimum absolute atomic E-state index is 0.0816. The van der Waals surface area contributed by atoms with E-state index in [1.54, 1.807) is 23.1 Å². The maximum absolute atomic E-state index is 12.5. The van der Waals surface area contributed by atoms with E-state index in [-0.39, 0.29) is 10.8 Å². The topological polar surface area (TPSA) is 66.5 Å². The standard InChI is InChI=1S/C19H26N2O3S/c22-19(21-13-4-5-14-21)17-9-6-10-18(15-17)25(23,24)20-12-11-16-7-2-1-3-8-16/h6-7,9-10,15,20H,1-5,8,11-14H2. The lowest BCUT2D eigenvalue weighted by Gasteiger charge is -2.16. The second kappa shape index (κ2) is 8.15. The lowest BCUT2D eigenvalue weighted by Crippen LogP contribution is -2.28. The highest BCUT2D eigenvalue weighted by Crippen LogP contribution is 2.20. The number of rotatable bonds is 6. The molecule has 2 aliphatic rings. The summed E-state index contributed by atoms with van der Waals surface area (Å²) in [7, 11) is -3.59. The zero-order valence-electron chi connectivity index (χ0n) is 14.5. The van der Waals surface area contributed by atoms with Crippen LogP contribution in [0.4, 0.5) is 0 Å². The minimum atomic E-state index is -3.59. The van der Waals surface area contributed by atoms with Crippen LogP contribution in [0.3, 0.4) is 0 Å². The number of hydrogen-bond donors (Lipinski definition) is 1. The molecule has 0 radical (unpaired) electrons. The van der Waals surface area contributed by atoms with Gasteiger partial charge < -0.3 is 4.90 Å². The molecule has 0 aromatic heterocycles. The highest BCUT2D eigenvalue weighted by molar-refractivity contribution is 7.89. The Balaban J connectivity index is 1.64. The van der Waals surface area contributed by atoms with Crippen molar-refractivity contribution >= 4 is 15.9 Å². The maximum Gasteiger partial charge on any atom is 0.253 e. The molecule has 1 aliphatic heterocycles. The van der Waals surface area contributed by atoms with Crippen molar-refractivity contribution < 1.29 is 13.2 Å². The normalized spacial score (nSPS) is 18.2. The van der Waals surface area contributed by atoms with Gasteiger partial charge in [0.05, 0.1) is 4.90 Å². The number of allylic oxidation sites excluding steroid dienone is 1. The van der Waals surface area contributed by atoms with Crippen LogP contribution in [0.1, 0.15) is 55.3 Å². The molecule has 0 atom stereocenters. The molecular weight excluding hydrogens is 336 g/mol. The van der Waals surface area contributed by atoms with E-state index in [0.29, 0.717) is 12.1 Å². The molecule has 1 aliphatic carbocycles. The summed E-state index contributed by atoms with van der Waals surface area (Å²) in [5.74, 6) is -0.0816. The summed E-state index contributed by atoms with van der Waals surface area (Å²) in [5.41, 5.74) is 1.78. The second-order valence-corrected chi connectivity index (χ2v) is 8.55. The molecule has 0 spiro atoms. The summed E-state index contributed by atoms with van der Waals surface area (Å²) < 4.78 is 27.7. The number of benzene rings is 1. The molecule has 0 bridgehead atoms. The van der Waals surface area contributed by atoms with Crippen LogP contribution in [0, 0.1) is 0 Å². The summed E-state index contributed by atoms with van der Waals surface area (Å²) in [6, 6.07) is 6.36. The van der Waals surface area contributed by atoms with Crippen LogP contribution >= 0.6 is 0 Å². The molecule has 0 unspecified atom stereocenters. The number of hydrogen-bond acceptors (Lipinski definition) is 3. The molecule has 0 saturated carbocycles. The predicted molar refractivity (Wildman–Crippen MR) is 97.9 cm³/mol. The van der Waals surface area contributed by atoms with Gasteiger partial charge in [0, 0.05) is 25.2 Å². The van der Waals surface area contributed by atoms with Crippen LogP contribution in [-0.2, 0) is 10.0 Å². The number of carbonyl (C=O) groups excluding carboxylic acids is 1. The van der Waals surface area contributed by atoms with Gasteiger partial charge in [-0.2, -0.15) is 0 Å². The zero-order valence-corrected chi connectivity index (χ0v) is 15.4. The second-order valence-electron chi connectivity index (χ2n) is 6.78. The molecule has 1 saturated heterocycles. The lowest BCUT2D eigenvalue weighted by atomic mass is 9.97. The SMILES string of the molecule is O=C(c1cccc(S(=O)(=O)NCCC2=CCCCC2)c1)N1CCCC1. The van der Waals surface area contributed by atoms with Crippen LogP contribution < -0.4 is 4.72 Å². The first-order valence-corrected chi connectivity index (χ1v) is 10.6. The summed E-state index contributed by atoms with van der Waals surface area (Å²) in [6.45, 7) is 1.91. The third-order valence-electron chi connectivity index (χ3n) is 4.91. The van der Waals surface area contributed by atoms with Gasteiger partial charge >= 0.3 is 0 Å². The molecule has 3 rings (SSSR count). The Labute approximate surface area is 150 Å². The number of carbonyl (C=O) groups is 1. The Morgan fingerprint density at radius 2 is 1.92 bits per heavy atom. The molecule has 1 fully saturated rings. The van der Waals surface area contributed by atoms with E-state index in [0.717, 1.165) is 45.2 Å². The third kappa shape index (κ3) is 4.70.